The first kappa shape index (κ1) is 46.2. The molecule has 5 heteroatoms. The Hall–Kier alpha value is -7.11. The molecule has 2 aromatic heterocycles. The van der Waals surface area contributed by atoms with Gasteiger partial charge in [0.15, 0.2) is 0 Å². The van der Waals surface area contributed by atoms with Gasteiger partial charge in [0.25, 0.3) is 0 Å². The minimum Gasteiger partial charge on any atom is -0.457 e. The van der Waals surface area contributed by atoms with Gasteiger partial charge in [-0.05, 0) is 199 Å². The second kappa shape index (κ2) is 17.7. The summed E-state index contributed by atoms with van der Waals surface area (Å²) in [4.78, 5) is 4.93. The quantitative estimate of drug-likeness (QED) is 0.136. The summed E-state index contributed by atoms with van der Waals surface area (Å²) in [5.74, 6) is 8.34. The van der Waals surface area contributed by atoms with Crippen LogP contribution in [0.4, 0.5) is 22.7 Å². The summed E-state index contributed by atoms with van der Waals surface area (Å²) in [5.41, 5.74) is 13.9. The number of nitrogens with zero attached hydrogens (tertiary/aromatic N) is 2. The van der Waals surface area contributed by atoms with Gasteiger partial charge in [0.05, 0.1) is 22.4 Å². The van der Waals surface area contributed by atoms with Gasteiger partial charge in [0.1, 0.15) is 17.3 Å². The van der Waals surface area contributed by atoms with E-state index in [4.69, 9.17) is 9.72 Å². The lowest BCUT2D eigenvalue weighted by Gasteiger charge is -2.64. The molecule has 8 aliphatic rings. The van der Waals surface area contributed by atoms with Crippen LogP contribution in [0.1, 0.15) is 113 Å². The predicted molar refractivity (Wildman–Crippen MR) is 312 cm³/mol. The van der Waals surface area contributed by atoms with Gasteiger partial charge in [-0.2, -0.15) is 0 Å². The molecule has 2 heterocycles. The van der Waals surface area contributed by atoms with Crippen molar-refractivity contribution in [2.24, 2.45) is 47.3 Å². The zero-order chi connectivity index (χ0) is 50.8. The van der Waals surface area contributed by atoms with Crippen LogP contribution in [0.2, 0.25) is 0 Å². The van der Waals surface area contributed by atoms with Crippen molar-refractivity contribution in [1.82, 2.24) is 9.55 Å². The number of ether oxygens (including phenoxy) is 1. The molecular formula is C71H70N4O. The summed E-state index contributed by atoms with van der Waals surface area (Å²) in [6.45, 7) is 6.77. The third-order valence-corrected chi connectivity index (χ3v) is 20.3. The first-order valence-corrected chi connectivity index (χ1v) is 28.9. The zero-order valence-electron chi connectivity index (χ0n) is 44.4. The summed E-state index contributed by atoms with van der Waals surface area (Å²) in [5, 5.41) is 10.8. The Morgan fingerprint density at radius 2 is 0.974 bits per heavy atom. The number of rotatable bonds is 11. The highest BCUT2D eigenvalue weighted by molar-refractivity contribution is 6.09. The van der Waals surface area contributed by atoms with Gasteiger partial charge in [-0.15, -0.1) is 0 Å². The molecule has 0 unspecified atom stereocenters. The van der Waals surface area contributed by atoms with Crippen LogP contribution in [0.15, 0.2) is 188 Å². The number of anilines is 4. The Bertz CT molecular complexity index is 3500. The van der Waals surface area contributed by atoms with Gasteiger partial charge < -0.3 is 15.4 Å². The van der Waals surface area contributed by atoms with Crippen LogP contribution in [-0.4, -0.2) is 9.55 Å². The molecule has 9 aromatic rings. The highest BCUT2D eigenvalue weighted by Crippen LogP contribution is 2.70. The van der Waals surface area contributed by atoms with E-state index in [-0.39, 0.29) is 16.2 Å². The van der Waals surface area contributed by atoms with E-state index in [1.54, 1.807) is 0 Å². The Morgan fingerprint density at radius 1 is 0.461 bits per heavy atom. The number of benzene rings is 7. The molecule has 0 radical (unpaired) electrons. The van der Waals surface area contributed by atoms with E-state index < -0.39 is 0 Å². The second-order valence-electron chi connectivity index (χ2n) is 25.4. The first-order valence-electron chi connectivity index (χ1n) is 28.9. The first-order chi connectivity index (χ1) is 37.2. The minimum atomic E-state index is -0.0742. The van der Waals surface area contributed by atoms with Crippen molar-refractivity contribution in [3.8, 4) is 17.3 Å². The Balaban J connectivity index is 0.833. The Labute approximate surface area is 449 Å². The molecule has 0 aliphatic heterocycles. The molecule has 0 amide bonds. The molecular weight excluding hydrogens is 925 g/mol. The fourth-order valence-electron chi connectivity index (χ4n) is 17.8. The van der Waals surface area contributed by atoms with E-state index in [0.29, 0.717) is 23.7 Å². The van der Waals surface area contributed by atoms with Crippen LogP contribution in [-0.2, 0) is 16.2 Å². The second-order valence-corrected chi connectivity index (χ2v) is 25.4. The smallest absolute Gasteiger partial charge is 0.137 e. The van der Waals surface area contributed by atoms with E-state index in [0.717, 1.165) is 69.1 Å². The number of nitrogens with one attached hydrogen (secondary N) is 2. The number of para-hydroxylation sites is 4. The lowest BCUT2D eigenvalue weighted by Crippen LogP contribution is -2.57. The van der Waals surface area contributed by atoms with Crippen molar-refractivity contribution in [2.75, 3.05) is 10.6 Å². The predicted octanol–water partition coefficient (Wildman–Crippen LogP) is 18.2. The van der Waals surface area contributed by atoms with Gasteiger partial charge in [-0.1, -0.05) is 136 Å². The average Bonchev–Trinajstić information content (AvgIpc) is 3.76. The zero-order valence-corrected chi connectivity index (χ0v) is 44.4. The fraction of sp³-hybridized carbons (Fsp3) is 0.338. The van der Waals surface area contributed by atoms with Gasteiger partial charge in [-0.3, -0.25) is 4.57 Å². The molecule has 76 heavy (non-hydrogen) atoms. The molecule has 0 spiro atoms. The molecule has 0 saturated heterocycles. The molecule has 8 bridgehead atoms. The number of aromatic nitrogens is 2. The molecule has 7 aromatic carbocycles. The van der Waals surface area contributed by atoms with E-state index in [2.05, 4.69) is 218 Å². The molecule has 5 nitrogen and oxygen atoms in total. The Kier molecular flexibility index (Phi) is 10.8. The van der Waals surface area contributed by atoms with Gasteiger partial charge >= 0.3 is 0 Å². The SMILES string of the molecule is CC(C)(C)c1ccnc(-n2c3ccccc3c3ccc(Oc4cccc(Nc5ccccc5Nc5c(C6(c7ccccc7)C7CC8CC(C7)CC6C8)cccc5C5(c6ccccc6)C6CC7CC(C6)CC5C7)c4)cc32)c1. The maximum atomic E-state index is 6.83. The van der Waals surface area contributed by atoms with E-state index in [9.17, 15) is 0 Å². The third kappa shape index (κ3) is 7.27. The van der Waals surface area contributed by atoms with Crippen molar-refractivity contribution >= 4 is 44.6 Å². The lowest BCUT2D eigenvalue weighted by molar-refractivity contribution is -0.0441. The number of hydrogen-bond acceptors (Lipinski definition) is 4. The van der Waals surface area contributed by atoms with Crippen LogP contribution in [0.5, 0.6) is 11.5 Å². The summed E-state index contributed by atoms with van der Waals surface area (Å²) in [6, 6.07) is 68.3. The summed E-state index contributed by atoms with van der Waals surface area (Å²) in [6.07, 6.45) is 15.5. The minimum absolute atomic E-state index is 0.00709. The van der Waals surface area contributed by atoms with Crippen molar-refractivity contribution in [1.29, 1.82) is 0 Å². The molecule has 8 fully saturated rings. The van der Waals surface area contributed by atoms with E-state index >= 15 is 0 Å². The normalized spacial score (nSPS) is 28.0. The van der Waals surface area contributed by atoms with Gasteiger partial charge in [0.2, 0.25) is 0 Å². The highest BCUT2D eigenvalue weighted by Gasteiger charge is 2.62. The fourth-order valence-corrected chi connectivity index (χ4v) is 17.8. The third-order valence-electron chi connectivity index (χ3n) is 20.3. The molecule has 17 rings (SSSR count). The standard InChI is InChI=1S/C71H70N4O/c1-69(2,3)51-30-31-72-67(42-51)75-65-27-13-10-22-59(65)60-29-28-58(44-66(60)75)76-57-21-14-20-56(43-57)73-63-25-11-12-26-64(63)74-68-61(70(49-16-6-4-7-17-49)52-34-45-32-46(36-52)37-53(70)35-45)23-15-24-62(68)71(50-18-8-5-9-19-50)54-38-47-33-48(40-54)41-55(71)39-47/h4-31,42-48,52-55,73-74H,32-41H2,1-3H3. The Morgan fingerprint density at radius 3 is 1.57 bits per heavy atom. The molecule has 0 atom stereocenters. The topological polar surface area (TPSA) is 51.1 Å². The molecule has 8 aliphatic carbocycles. The molecule has 380 valence electrons. The number of hydrogen-bond donors (Lipinski definition) is 2. The van der Waals surface area contributed by atoms with Crippen LogP contribution < -0.4 is 15.4 Å². The summed E-state index contributed by atoms with van der Waals surface area (Å²) < 4.78 is 9.12. The highest BCUT2D eigenvalue weighted by atomic mass is 16.5. The van der Waals surface area contributed by atoms with E-state index in [1.807, 2.05) is 6.20 Å². The van der Waals surface area contributed by atoms with Gasteiger partial charge in [0, 0.05) is 51.3 Å². The van der Waals surface area contributed by atoms with Crippen molar-refractivity contribution in [2.45, 2.75) is 101 Å². The van der Waals surface area contributed by atoms with E-state index in [1.165, 1.54) is 108 Å². The van der Waals surface area contributed by atoms with Crippen LogP contribution >= 0.6 is 0 Å². The van der Waals surface area contributed by atoms with Crippen molar-refractivity contribution in [3.63, 3.8) is 0 Å². The lowest BCUT2D eigenvalue weighted by atomic mass is 9.40. The summed E-state index contributed by atoms with van der Waals surface area (Å²) >= 11 is 0. The number of fused-ring (bicyclic) bond motifs is 3. The molecule has 8 saturated carbocycles. The van der Waals surface area contributed by atoms with Crippen LogP contribution in [0.3, 0.4) is 0 Å². The summed E-state index contributed by atoms with van der Waals surface area (Å²) in [7, 11) is 0. The maximum Gasteiger partial charge on any atom is 0.137 e. The number of pyridine rings is 1. The van der Waals surface area contributed by atoms with Crippen LogP contribution in [0.25, 0.3) is 27.6 Å². The monoisotopic (exact) mass is 995 g/mol. The molecule has 2 N–H and O–H groups in total. The van der Waals surface area contributed by atoms with Gasteiger partial charge in [-0.25, -0.2) is 4.98 Å². The average molecular weight is 995 g/mol. The van der Waals surface area contributed by atoms with Crippen molar-refractivity contribution in [3.05, 3.63) is 216 Å². The largest absolute Gasteiger partial charge is 0.457 e. The van der Waals surface area contributed by atoms with Crippen LogP contribution in [0, 0.1) is 47.3 Å². The van der Waals surface area contributed by atoms with Crippen molar-refractivity contribution < 1.29 is 4.74 Å². The maximum absolute atomic E-state index is 6.83.